The minimum absolute atomic E-state index is 0.0345. The van der Waals surface area contributed by atoms with Crippen LogP contribution in [-0.2, 0) is 10.0 Å². The largest absolute Gasteiger partial charge is 0.486 e. The zero-order valence-corrected chi connectivity index (χ0v) is 16.2. The second-order valence-corrected chi connectivity index (χ2v) is 8.88. The molecule has 0 radical (unpaired) electrons. The van der Waals surface area contributed by atoms with Crippen LogP contribution in [0.2, 0.25) is 0 Å². The average molecular weight is 390 g/mol. The lowest BCUT2D eigenvalue weighted by Gasteiger charge is -2.20. The van der Waals surface area contributed by atoms with Crippen molar-refractivity contribution in [1.29, 1.82) is 0 Å². The average Bonchev–Trinajstić information content (AvgIpc) is 2.60. The van der Waals surface area contributed by atoms with Crippen molar-refractivity contribution in [2.24, 2.45) is 0 Å². The van der Waals surface area contributed by atoms with Gasteiger partial charge in [-0.25, -0.2) is 13.1 Å². The molecule has 2 N–H and O–H groups in total. The van der Waals surface area contributed by atoms with Crippen molar-refractivity contribution >= 4 is 21.6 Å². The number of anilines is 1. The molecular weight excluding hydrogens is 368 g/mol. The molecule has 0 aliphatic carbocycles. The van der Waals surface area contributed by atoms with Crippen molar-refractivity contribution in [3.05, 3.63) is 48.0 Å². The quantitative estimate of drug-likeness (QED) is 0.837. The van der Waals surface area contributed by atoms with E-state index in [1.807, 2.05) is 0 Å². The molecule has 1 aliphatic heterocycles. The first kappa shape index (κ1) is 19.2. The number of carbonyl (C=O) groups excluding carboxylic acids is 1. The van der Waals surface area contributed by atoms with Crippen LogP contribution in [0.1, 0.15) is 31.1 Å². The topological polar surface area (TPSA) is 93.7 Å². The maximum atomic E-state index is 12.5. The van der Waals surface area contributed by atoms with Crippen LogP contribution in [0.5, 0.6) is 11.5 Å². The SMILES string of the molecule is CC(C)(C)NS(=O)(=O)c1cccc(C(=O)Nc2ccc3c(c2)OCCO3)c1. The summed E-state index contributed by atoms with van der Waals surface area (Å²) in [6.07, 6.45) is 0. The van der Waals surface area contributed by atoms with Crippen LogP contribution in [0, 0.1) is 0 Å². The van der Waals surface area contributed by atoms with Gasteiger partial charge in [-0.2, -0.15) is 0 Å². The number of hydrogen-bond acceptors (Lipinski definition) is 5. The van der Waals surface area contributed by atoms with Gasteiger partial charge in [0.2, 0.25) is 10.0 Å². The van der Waals surface area contributed by atoms with Gasteiger partial charge in [-0.3, -0.25) is 4.79 Å². The summed E-state index contributed by atoms with van der Waals surface area (Å²) in [7, 11) is -3.73. The van der Waals surface area contributed by atoms with Crippen LogP contribution in [0.3, 0.4) is 0 Å². The van der Waals surface area contributed by atoms with Crippen molar-refractivity contribution in [3.8, 4) is 11.5 Å². The number of hydrogen-bond donors (Lipinski definition) is 2. The molecule has 7 nitrogen and oxygen atoms in total. The van der Waals surface area contributed by atoms with Gasteiger partial charge in [-0.05, 0) is 51.1 Å². The lowest BCUT2D eigenvalue weighted by atomic mass is 10.1. The van der Waals surface area contributed by atoms with Gasteiger partial charge in [0.15, 0.2) is 11.5 Å². The molecule has 0 saturated carbocycles. The van der Waals surface area contributed by atoms with E-state index in [-0.39, 0.29) is 10.5 Å². The van der Waals surface area contributed by atoms with Crippen LogP contribution in [0.25, 0.3) is 0 Å². The summed E-state index contributed by atoms with van der Waals surface area (Å²) in [5.74, 6) is 0.768. The van der Waals surface area contributed by atoms with Crippen LogP contribution in [0.4, 0.5) is 5.69 Å². The van der Waals surface area contributed by atoms with E-state index in [0.29, 0.717) is 30.4 Å². The Morgan fingerprint density at radius 2 is 1.70 bits per heavy atom. The minimum atomic E-state index is -3.73. The zero-order valence-electron chi connectivity index (χ0n) is 15.4. The van der Waals surface area contributed by atoms with E-state index in [1.54, 1.807) is 45.0 Å². The predicted molar refractivity (Wildman–Crippen MR) is 102 cm³/mol. The van der Waals surface area contributed by atoms with Crippen LogP contribution in [0.15, 0.2) is 47.4 Å². The van der Waals surface area contributed by atoms with E-state index in [9.17, 15) is 13.2 Å². The number of rotatable bonds is 4. The second-order valence-electron chi connectivity index (χ2n) is 7.20. The van der Waals surface area contributed by atoms with E-state index < -0.39 is 21.5 Å². The maximum Gasteiger partial charge on any atom is 0.255 e. The summed E-state index contributed by atoms with van der Waals surface area (Å²) in [5.41, 5.74) is 0.148. The highest BCUT2D eigenvalue weighted by molar-refractivity contribution is 7.89. The monoisotopic (exact) mass is 390 g/mol. The van der Waals surface area contributed by atoms with Crippen molar-refractivity contribution < 1.29 is 22.7 Å². The van der Waals surface area contributed by atoms with E-state index in [2.05, 4.69) is 10.0 Å². The van der Waals surface area contributed by atoms with Gasteiger partial charge in [0.1, 0.15) is 13.2 Å². The summed E-state index contributed by atoms with van der Waals surface area (Å²) in [6, 6.07) is 11.0. The van der Waals surface area contributed by atoms with Gasteiger partial charge < -0.3 is 14.8 Å². The highest BCUT2D eigenvalue weighted by atomic mass is 32.2. The Morgan fingerprint density at radius 3 is 2.41 bits per heavy atom. The number of amides is 1. The second kappa shape index (κ2) is 7.21. The lowest BCUT2D eigenvalue weighted by molar-refractivity contribution is 0.102. The molecule has 144 valence electrons. The van der Waals surface area contributed by atoms with Crippen molar-refractivity contribution in [1.82, 2.24) is 4.72 Å². The standard InChI is InChI=1S/C19H22N2O5S/c1-19(2,3)21-27(23,24)15-6-4-5-13(11-15)18(22)20-14-7-8-16-17(12-14)26-10-9-25-16/h4-8,11-12,21H,9-10H2,1-3H3,(H,20,22). The van der Waals surface area contributed by atoms with Crippen LogP contribution < -0.4 is 19.5 Å². The van der Waals surface area contributed by atoms with Gasteiger partial charge >= 0.3 is 0 Å². The molecule has 0 spiro atoms. The van der Waals surface area contributed by atoms with E-state index in [4.69, 9.17) is 9.47 Å². The highest BCUT2D eigenvalue weighted by Crippen LogP contribution is 2.32. The number of carbonyl (C=O) groups is 1. The first-order valence-corrected chi connectivity index (χ1v) is 9.97. The Hall–Kier alpha value is -2.58. The molecule has 2 aromatic rings. The van der Waals surface area contributed by atoms with E-state index in [1.165, 1.54) is 18.2 Å². The summed E-state index contributed by atoms with van der Waals surface area (Å²) in [6.45, 7) is 6.20. The fourth-order valence-corrected chi connectivity index (χ4v) is 4.05. The molecule has 27 heavy (non-hydrogen) atoms. The molecule has 0 atom stereocenters. The normalized spacial score (nSPS) is 13.9. The van der Waals surface area contributed by atoms with E-state index >= 15 is 0 Å². The number of fused-ring (bicyclic) bond motifs is 1. The minimum Gasteiger partial charge on any atom is -0.486 e. The molecule has 0 bridgehead atoms. The lowest BCUT2D eigenvalue weighted by Crippen LogP contribution is -2.40. The third-order valence-electron chi connectivity index (χ3n) is 3.65. The Morgan fingerprint density at radius 1 is 1.00 bits per heavy atom. The number of sulfonamides is 1. The first-order valence-electron chi connectivity index (χ1n) is 8.49. The number of nitrogens with one attached hydrogen (secondary N) is 2. The highest BCUT2D eigenvalue weighted by Gasteiger charge is 2.23. The molecule has 0 fully saturated rings. The zero-order chi connectivity index (χ0) is 19.7. The third-order valence-corrected chi connectivity index (χ3v) is 5.40. The predicted octanol–water partition coefficient (Wildman–Crippen LogP) is 2.79. The van der Waals surface area contributed by atoms with Crippen LogP contribution >= 0.6 is 0 Å². The van der Waals surface area contributed by atoms with Crippen LogP contribution in [-0.4, -0.2) is 33.1 Å². The smallest absolute Gasteiger partial charge is 0.255 e. The molecule has 1 amide bonds. The van der Waals surface area contributed by atoms with Gasteiger partial charge in [0.05, 0.1) is 4.90 Å². The summed E-state index contributed by atoms with van der Waals surface area (Å²) in [4.78, 5) is 12.6. The van der Waals surface area contributed by atoms with Gasteiger partial charge in [0.25, 0.3) is 5.91 Å². The fourth-order valence-electron chi connectivity index (χ4n) is 2.59. The Bertz CT molecular complexity index is 964. The molecule has 1 heterocycles. The molecule has 0 saturated heterocycles. The summed E-state index contributed by atoms with van der Waals surface area (Å²) < 4.78 is 38.5. The Balaban J connectivity index is 1.80. The number of ether oxygens (including phenoxy) is 2. The van der Waals surface area contributed by atoms with Crippen molar-refractivity contribution in [2.45, 2.75) is 31.2 Å². The first-order chi connectivity index (χ1) is 12.6. The molecule has 2 aromatic carbocycles. The molecule has 0 unspecified atom stereocenters. The Labute approximate surface area is 158 Å². The van der Waals surface area contributed by atoms with Crippen molar-refractivity contribution in [2.75, 3.05) is 18.5 Å². The molecule has 1 aliphatic rings. The summed E-state index contributed by atoms with van der Waals surface area (Å²) >= 11 is 0. The van der Waals surface area contributed by atoms with Gasteiger partial charge in [-0.15, -0.1) is 0 Å². The van der Waals surface area contributed by atoms with Gasteiger partial charge in [0, 0.05) is 22.9 Å². The van der Waals surface area contributed by atoms with Gasteiger partial charge in [-0.1, -0.05) is 6.07 Å². The molecule has 3 rings (SSSR count). The molecule has 8 heteroatoms. The number of benzene rings is 2. The molecule has 0 aromatic heterocycles. The van der Waals surface area contributed by atoms with E-state index in [0.717, 1.165) is 0 Å². The fraction of sp³-hybridized carbons (Fsp3) is 0.316. The Kier molecular flexibility index (Phi) is 5.12. The van der Waals surface area contributed by atoms with Crippen molar-refractivity contribution in [3.63, 3.8) is 0 Å². The third kappa shape index (κ3) is 4.78. The summed E-state index contributed by atoms with van der Waals surface area (Å²) in [5, 5.41) is 2.75. The molecular formula is C19H22N2O5S. The maximum absolute atomic E-state index is 12.5.